The van der Waals surface area contributed by atoms with Crippen LogP contribution in [0.3, 0.4) is 0 Å². The SMILES string of the molecule is CCCCCCCC/C=C/C/C=C/CCC(=O)OCC(COC(=O)CCCCCCCCCCCCCCCCCCC)OC(=O)CCCCCCC/C=C/CCCCCCCCC. The van der Waals surface area contributed by atoms with E-state index in [2.05, 4.69) is 51.2 Å². The number of esters is 3. The van der Waals surface area contributed by atoms with Crippen molar-refractivity contribution in [3.8, 4) is 0 Å². The molecule has 64 heavy (non-hydrogen) atoms. The van der Waals surface area contributed by atoms with Crippen molar-refractivity contribution in [2.24, 2.45) is 0 Å². The highest BCUT2D eigenvalue weighted by molar-refractivity contribution is 5.71. The van der Waals surface area contributed by atoms with Crippen LogP contribution in [0.15, 0.2) is 36.5 Å². The van der Waals surface area contributed by atoms with E-state index in [0.29, 0.717) is 19.3 Å². The van der Waals surface area contributed by atoms with Gasteiger partial charge in [0.25, 0.3) is 0 Å². The van der Waals surface area contributed by atoms with Crippen molar-refractivity contribution in [3.63, 3.8) is 0 Å². The molecular weight excluding hydrogens is 793 g/mol. The Bertz CT molecular complexity index is 1080. The van der Waals surface area contributed by atoms with Crippen LogP contribution in [0.5, 0.6) is 0 Å². The quantitative estimate of drug-likeness (QED) is 0.0262. The van der Waals surface area contributed by atoms with E-state index in [9.17, 15) is 14.4 Å². The van der Waals surface area contributed by atoms with Gasteiger partial charge in [0.2, 0.25) is 0 Å². The number of hydrogen-bond acceptors (Lipinski definition) is 6. The van der Waals surface area contributed by atoms with Gasteiger partial charge in [-0.05, 0) is 64.2 Å². The lowest BCUT2D eigenvalue weighted by Crippen LogP contribution is -2.30. The smallest absolute Gasteiger partial charge is 0.306 e. The molecule has 0 spiro atoms. The van der Waals surface area contributed by atoms with E-state index >= 15 is 0 Å². The van der Waals surface area contributed by atoms with Gasteiger partial charge in [0.15, 0.2) is 6.10 Å². The fraction of sp³-hybridized carbons (Fsp3) is 0.845. The zero-order valence-electron chi connectivity index (χ0n) is 42.8. The van der Waals surface area contributed by atoms with Crippen LogP contribution in [0.4, 0.5) is 0 Å². The molecule has 0 saturated heterocycles. The zero-order valence-corrected chi connectivity index (χ0v) is 42.8. The Balaban J connectivity index is 4.39. The lowest BCUT2D eigenvalue weighted by molar-refractivity contribution is -0.166. The first-order valence-corrected chi connectivity index (χ1v) is 28.0. The standard InChI is InChI=1S/C58H106O6/c1-4-7-10-13-16-19-22-25-27-29-31-33-36-39-42-45-48-51-57(60)63-54-55(53-62-56(59)50-47-44-41-38-35-32-24-21-18-15-12-9-6-3)64-58(61)52-49-46-43-40-37-34-30-28-26-23-20-17-14-11-8-5-2/h28,30,32,35,41,44,55H,4-27,29,31,33-34,36-40,42-43,45-54H2,1-3H3/b30-28+,35-32+,44-41+. The highest BCUT2D eigenvalue weighted by atomic mass is 16.6. The number of rotatable bonds is 51. The molecule has 0 rings (SSSR count). The van der Waals surface area contributed by atoms with Crippen LogP contribution in [-0.2, 0) is 28.6 Å². The number of unbranched alkanes of at least 4 members (excludes halogenated alkanes) is 34. The van der Waals surface area contributed by atoms with E-state index in [4.69, 9.17) is 14.2 Å². The maximum atomic E-state index is 12.8. The summed E-state index contributed by atoms with van der Waals surface area (Å²) >= 11 is 0. The summed E-state index contributed by atoms with van der Waals surface area (Å²) in [4.78, 5) is 38.0. The molecule has 0 aliphatic rings. The molecule has 0 heterocycles. The second-order valence-electron chi connectivity index (χ2n) is 18.8. The molecule has 0 N–H and O–H groups in total. The minimum absolute atomic E-state index is 0.0890. The third-order valence-corrected chi connectivity index (χ3v) is 12.4. The molecule has 374 valence electrons. The maximum Gasteiger partial charge on any atom is 0.306 e. The highest BCUT2D eigenvalue weighted by Crippen LogP contribution is 2.16. The van der Waals surface area contributed by atoms with Crippen LogP contribution in [0.2, 0.25) is 0 Å². The molecule has 6 heteroatoms. The van der Waals surface area contributed by atoms with Crippen molar-refractivity contribution in [3.05, 3.63) is 36.5 Å². The molecule has 0 fully saturated rings. The molecular formula is C58H106O6. The van der Waals surface area contributed by atoms with Crippen LogP contribution in [-0.4, -0.2) is 37.2 Å². The first kappa shape index (κ1) is 61.6. The second-order valence-corrected chi connectivity index (χ2v) is 18.8. The Labute approximate surface area is 397 Å². The van der Waals surface area contributed by atoms with Gasteiger partial charge >= 0.3 is 17.9 Å². The molecule has 0 aromatic carbocycles. The Kier molecular flexibility index (Phi) is 51.3. The van der Waals surface area contributed by atoms with Crippen LogP contribution >= 0.6 is 0 Å². The second kappa shape index (κ2) is 53.2. The van der Waals surface area contributed by atoms with Gasteiger partial charge in [0.1, 0.15) is 13.2 Å². The van der Waals surface area contributed by atoms with Gasteiger partial charge in [-0.25, -0.2) is 0 Å². The summed E-state index contributed by atoms with van der Waals surface area (Å²) in [5.74, 6) is -0.954. The lowest BCUT2D eigenvalue weighted by Gasteiger charge is -2.18. The van der Waals surface area contributed by atoms with Gasteiger partial charge in [0, 0.05) is 19.3 Å². The molecule has 1 atom stereocenters. The van der Waals surface area contributed by atoms with Gasteiger partial charge in [-0.2, -0.15) is 0 Å². The average molecular weight is 899 g/mol. The Morgan fingerprint density at radius 1 is 0.312 bits per heavy atom. The summed E-state index contributed by atoms with van der Waals surface area (Å²) < 4.78 is 16.8. The van der Waals surface area contributed by atoms with Gasteiger partial charge in [-0.1, -0.05) is 250 Å². The Hall–Kier alpha value is -2.37. The summed E-state index contributed by atoms with van der Waals surface area (Å²) in [6.45, 7) is 6.60. The van der Waals surface area contributed by atoms with Crippen molar-refractivity contribution in [2.45, 2.75) is 303 Å². The van der Waals surface area contributed by atoms with Gasteiger partial charge < -0.3 is 14.2 Å². The summed E-state index contributed by atoms with van der Waals surface area (Å²) in [5.41, 5.74) is 0. The third-order valence-electron chi connectivity index (χ3n) is 12.4. The van der Waals surface area contributed by atoms with E-state index < -0.39 is 6.10 Å². The minimum atomic E-state index is -0.795. The van der Waals surface area contributed by atoms with Crippen molar-refractivity contribution in [1.82, 2.24) is 0 Å². The zero-order chi connectivity index (χ0) is 46.5. The molecule has 0 saturated carbocycles. The summed E-state index contributed by atoms with van der Waals surface area (Å²) in [5, 5.41) is 0. The van der Waals surface area contributed by atoms with E-state index in [-0.39, 0.29) is 37.5 Å². The van der Waals surface area contributed by atoms with Crippen molar-refractivity contribution in [1.29, 1.82) is 0 Å². The van der Waals surface area contributed by atoms with Gasteiger partial charge in [-0.3, -0.25) is 14.4 Å². The Morgan fingerprint density at radius 2 is 0.594 bits per heavy atom. The molecule has 0 aliphatic carbocycles. The molecule has 6 nitrogen and oxygen atoms in total. The number of allylic oxidation sites excluding steroid dienone is 6. The number of carbonyl (C=O) groups excluding carboxylic acids is 3. The van der Waals surface area contributed by atoms with Crippen molar-refractivity contribution in [2.75, 3.05) is 13.2 Å². The monoisotopic (exact) mass is 899 g/mol. The average Bonchev–Trinajstić information content (AvgIpc) is 3.29. The molecule has 0 radical (unpaired) electrons. The highest BCUT2D eigenvalue weighted by Gasteiger charge is 2.19. The molecule has 0 aromatic rings. The van der Waals surface area contributed by atoms with E-state index in [0.717, 1.165) is 64.2 Å². The first-order chi connectivity index (χ1) is 31.5. The van der Waals surface area contributed by atoms with E-state index in [1.807, 2.05) is 6.08 Å². The van der Waals surface area contributed by atoms with Gasteiger partial charge in [0.05, 0.1) is 0 Å². The number of carbonyl (C=O) groups is 3. The number of ether oxygens (including phenoxy) is 3. The van der Waals surface area contributed by atoms with Crippen LogP contribution in [0.25, 0.3) is 0 Å². The first-order valence-electron chi connectivity index (χ1n) is 28.0. The largest absolute Gasteiger partial charge is 0.462 e. The summed E-state index contributed by atoms with van der Waals surface area (Å²) in [7, 11) is 0. The van der Waals surface area contributed by atoms with E-state index in [1.165, 1.54) is 186 Å². The fourth-order valence-corrected chi connectivity index (χ4v) is 8.14. The van der Waals surface area contributed by atoms with Crippen LogP contribution in [0, 0.1) is 0 Å². The normalized spacial score (nSPS) is 12.2. The van der Waals surface area contributed by atoms with Crippen LogP contribution in [0.1, 0.15) is 297 Å². The lowest BCUT2D eigenvalue weighted by atomic mass is 10.0. The van der Waals surface area contributed by atoms with Crippen molar-refractivity contribution < 1.29 is 28.6 Å². The topological polar surface area (TPSA) is 78.9 Å². The minimum Gasteiger partial charge on any atom is -0.462 e. The third kappa shape index (κ3) is 50.6. The van der Waals surface area contributed by atoms with E-state index in [1.54, 1.807) is 0 Å². The maximum absolute atomic E-state index is 12.8. The molecule has 0 bridgehead atoms. The Morgan fingerprint density at radius 3 is 0.969 bits per heavy atom. The summed E-state index contributed by atoms with van der Waals surface area (Å²) in [6.07, 6.45) is 62.9. The van der Waals surface area contributed by atoms with Gasteiger partial charge in [-0.15, -0.1) is 0 Å². The molecule has 0 amide bonds. The predicted molar refractivity (Wildman–Crippen MR) is 275 cm³/mol. The fourth-order valence-electron chi connectivity index (χ4n) is 8.14. The molecule has 0 aliphatic heterocycles. The number of hydrogen-bond donors (Lipinski definition) is 0. The molecule has 1 unspecified atom stereocenters. The predicted octanol–water partition coefficient (Wildman–Crippen LogP) is 18.5. The summed E-state index contributed by atoms with van der Waals surface area (Å²) in [6, 6.07) is 0. The van der Waals surface area contributed by atoms with Crippen LogP contribution < -0.4 is 0 Å². The van der Waals surface area contributed by atoms with Crippen molar-refractivity contribution >= 4 is 17.9 Å². The molecule has 0 aromatic heterocycles.